The van der Waals surface area contributed by atoms with Gasteiger partial charge in [-0.25, -0.2) is 0 Å². The molecular weight excluding hydrogens is 342 g/mol. The summed E-state index contributed by atoms with van der Waals surface area (Å²) in [6.07, 6.45) is 12.7. The van der Waals surface area contributed by atoms with Gasteiger partial charge >= 0.3 is 0 Å². The number of aliphatic hydroxyl groups excluding tert-OH is 1. The van der Waals surface area contributed by atoms with Crippen LogP contribution in [0.3, 0.4) is 0 Å². The molecule has 1 unspecified atom stereocenters. The van der Waals surface area contributed by atoms with Crippen molar-refractivity contribution in [1.29, 1.82) is 0 Å². The molecule has 0 aromatic heterocycles. The second-order valence-electron chi connectivity index (χ2n) is 11.9. The Kier molecular flexibility index (Phi) is 5.77. The zero-order chi connectivity index (χ0) is 20.1. The summed E-state index contributed by atoms with van der Waals surface area (Å²) in [5.41, 5.74) is 2.54. The van der Waals surface area contributed by atoms with Gasteiger partial charge in [-0.05, 0) is 111 Å². The van der Waals surface area contributed by atoms with Crippen LogP contribution in [-0.4, -0.2) is 24.3 Å². The second-order valence-corrected chi connectivity index (χ2v) is 11.9. The van der Waals surface area contributed by atoms with Crippen molar-refractivity contribution in [1.82, 2.24) is 5.32 Å². The van der Waals surface area contributed by atoms with Crippen LogP contribution in [0.1, 0.15) is 86.0 Å². The highest BCUT2D eigenvalue weighted by Gasteiger charge is 2.59. The van der Waals surface area contributed by atoms with Crippen molar-refractivity contribution in [3.8, 4) is 0 Å². The highest BCUT2D eigenvalue weighted by atomic mass is 16.3. The van der Waals surface area contributed by atoms with Crippen molar-refractivity contribution in [2.75, 3.05) is 13.1 Å². The molecule has 4 aliphatic rings. The molecule has 0 aliphatic heterocycles. The molecule has 0 aromatic carbocycles. The summed E-state index contributed by atoms with van der Waals surface area (Å²) in [7, 11) is 0. The minimum atomic E-state index is -0.0835. The molecule has 0 aromatic rings. The molecule has 2 N–H and O–H groups in total. The third-order valence-electron chi connectivity index (χ3n) is 9.86. The minimum Gasteiger partial charge on any atom is -0.393 e. The lowest BCUT2D eigenvalue weighted by molar-refractivity contribution is -0.0565. The predicted octanol–water partition coefficient (Wildman–Crippen LogP) is 5.81. The van der Waals surface area contributed by atoms with E-state index in [9.17, 15) is 5.11 Å². The van der Waals surface area contributed by atoms with E-state index in [2.05, 4.69) is 46.0 Å². The fraction of sp³-hybridized carbons (Fsp3) is 0.923. The Hall–Kier alpha value is -0.340. The quantitative estimate of drug-likeness (QED) is 0.584. The molecule has 2 heteroatoms. The fourth-order valence-corrected chi connectivity index (χ4v) is 8.36. The summed E-state index contributed by atoms with van der Waals surface area (Å²) in [5, 5.41) is 13.9. The molecule has 28 heavy (non-hydrogen) atoms. The van der Waals surface area contributed by atoms with Crippen LogP contribution in [0.2, 0.25) is 0 Å². The van der Waals surface area contributed by atoms with Crippen molar-refractivity contribution in [3.05, 3.63) is 11.6 Å². The van der Waals surface area contributed by atoms with E-state index in [1.54, 1.807) is 5.57 Å². The number of fused-ring (bicyclic) bond motifs is 5. The maximum absolute atomic E-state index is 10.2. The Labute approximate surface area is 173 Å². The van der Waals surface area contributed by atoms with E-state index in [1.165, 1.54) is 45.1 Å². The molecule has 0 saturated heterocycles. The SMILES string of the molecule is CC(C)CNC[C@@H](C)[C@H]1CC[C@H]2[C@@H]3CC=C4CC(O)CC[C@]4(C)[C@H]3CC[C@]12C. The van der Waals surface area contributed by atoms with Gasteiger partial charge in [0.2, 0.25) is 0 Å². The predicted molar refractivity (Wildman–Crippen MR) is 118 cm³/mol. The lowest BCUT2D eigenvalue weighted by Gasteiger charge is -2.58. The van der Waals surface area contributed by atoms with Gasteiger partial charge < -0.3 is 10.4 Å². The van der Waals surface area contributed by atoms with Crippen LogP contribution in [0.4, 0.5) is 0 Å². The summed E-state index contributed by atoms with van der Waals surface area (Å²) in [6.45, 7) is 14.7. The molecule has 8 atom stereocenters. The molecule has 0 radical (unpaired) electrons. The standard InChI is InChI=1S/C26H45NO/c1-17(2)15-27-16-18(3)22-8-9-23-21-7-6-19-14-20(28)10-12-25(19,4)24(21)11-13-26(22,23)5/h6,17-18,20-24,27-28H,7-16H2,1-5H3/t18-,20?,21+,22-,23+,24+,25+,26-/m1/s1. The van der Waals surface area contributed by atoms with Gasteiger partial charge in [-0.3, -0.25) is 0 Å². The van der Waals surface area contributed by atoms with E-state index in [1.807, 2.05) is 0 Å². The Balaban J connectivity index is 1.49. The number of rotatable bonds is 5. The van der Waals surface area contributed by atoms with E-state index in [0.29, 0.717) is 10.8 Å². The summed E-state index contributed by atoms with van der Waals surface area (Å²) in [5.74, 6) is 5.11. The van der Waals surface area contributed by atoms with Crippen molar-refractivity contribution in [2.24, 2.45) is 46.3 Å². The van der Waals surface area contributed by atoms with Crippen LogP contribution in [0, 0.1) is 46.3 Å². The normalized spacial score (nSPS) is 46.5. The van der Waals surface area contributed by atoms with Crippen molar-refractivity contribution in [3.63, 3.8) is 0 Å². The van der Waals surface area contributed by atoms with Gasteiger partial charge in [0.1, 0.15) is 0 Å². The maximum Gasteiger partial charge on any atom is 0.0577 e. The summed E-state index contributed by atoms with van der Waals surface area (Å²) >= 11 is 0. The van der Waals surface area contributed by atoms with E-state index in [4.69, 9.17) is 0 Å². The molecule has 0 bridgehead atoms. The minimum absolute atomic E-state index is 0.0835. The first-order chi connectivity index (χ1) is 13.3. The van der Waals surface area contributed by atoms with E-state index in [-0.39, 0.29) is 6.10 Å². The van der Waals surface area contributed by atoms with E-state index < -0.39 is 0 Å². The summed E-state index contributed by atoms with van der Waals surface area (Å²) in [4.78, 5) is 0. The second kappa shape index (κ2) is 7.73. The first-order valence-corrected chi connectivity index (χ1v) is 12.3. The van der Waals surface area contributed by atoms with Crippen LogP contribution < -0.4 is 5.32 Å². The topological polar surface area (TPSA) is 32.3 Å². The third kappa shape index (κ3) is 3.41. The number of hydrogen-bond acceptors (Lipinski definition) is 2. The van der Waals surface area contributed by atoms with Crippen LogP contribution in [0.15, 0.2) is 11.6 Å². The van der Waals surface area contributed by atoms with Crippen LogP contribution in [0.25, 0.3) is 0 Å². The van der Waals surface area contributed by atoms with Crippen molar-refractivity contribution < 1.29 is 5.11 Å². The van der Waals surface area contributed by atoms with Crippen LogP contribution in [0.5, 0.6) is 0 Å². The summed E-state index contributed by atoms with van der Waals surface area (Å²) in [6, 6.07) is 0. The number of allylic oxidation sites excluding steroid dienone is 1. The molecule has 160 valence electrons. The van der Waals surface area contributed by atoms with Crippen molar-refractivity contribution in [2.45, 2.75) is 92.1 Å². The van der Waals surface area contributed by atoms with Gasteiger partial charge in [0, 0.05) is 0 Å². The maximum atomic E-state index is 10.2. The van der Waals surface area contributed by atoms with Crippen LogP contribution in [-0.2, 0) is 0 Å². The molecule has 4 aliphatic carbocycles. The van der Waals surface area contributed by atoms with E-state index >= 15 is 0 Å². The fourth-order valence-electron chi connectivity index (χ4n) is 8.36. The molecule has 0 spiro atoms. The Morgan fingerprint density at radius 2 is 1.82 bits per heavy atom. The Bertz CT molecular complexity index is 597. The monoisotopic (exact) mass is 387 g/mol. The Morgan fingerprint density at radius 1 is 1.04 bits per heavy atom. The number of hydrogen-bond donors (Lipinski definition) is 2. The average molecular weight is 388 g/mol. The van der Waals surface area contributed by atoms with Gasteiger partial charge in [-0.15, -0.1) is 0 Å². The lowest BCUT2D eigenvalue weighted by Crippen LogP contribution is -2.51. The van der Waals surface area contributed by atoms with Gasteiger partial charge in [-0.2, -0.15) is 0 Å². The van der Waals surface area contributed by atoms with Crippen LogP contribution >= 0.6 is 0 Å². The molecular formula is C26H45NO. The molecule has 2 nitrogen and oxygen atoms in total. The average Bonchev–Trinajstić information content (AvgIpc) is 2.99. The zero-order valence-corrected chi connectivity index (χ0v) is 19.1. The molecule has 4 rings (SSSR count). The first-order valence-electron chi connectivity index (χ1n) is 12.3. The van der Waals surface area contributed by atoms with Gasteiger partial charge in [0.15, 0.2) is 0 Å². The molecule has 0 amide bonds. The Morgan fingerprint density at radius 3 is 2.57 bits per heavy atom. The first kappa shape index (κ1) is 20.9. The highest BCUT2D eigenvalue weighted by molar-refractivity contribution is 5.25. The zero-order valence-electron chi connectivity index (χ0n) is 19.1. The van der Waals surface area contributed by atoms with Gasteiger partial charge in [-0.1, -0.05) is 46.3 Å². The highest BCUT2D eigenvalue weighted by Crippen LogP contribution is 2.67. The number of nitrogens with one attached hydrogen (secondary N) is 1. The lowest BCUT2D eigenvalue weighted by atomic mass is 9.47. The smallest absolute Gasteiger partial charge is 0.0577 e. The third-order valence-corrected chi connectivity index (χ3v) is 9.86. The van der Waals surface area contributed by atoms with Gasteiger partial charge in [0.05, 0.1) is 6.10 Å². The number of aliphatic hydroxyl groups is 1. The molecule has 3 fully saturated rings. The van der Waals surface area contributed by atoms with Gasteiger partial charge in [0.25, 0.3) is 0 Å². The largest absolute Gasteiger partial charge is 0.393 e. The summed E-state index contributed by atoms with van der Waals surface area (Å²) < 4.78 is 0. The molecule has 0 heterocycles. The molecule has 3 saturated carbocycles. The van der Waals surface area contributed by atoms with Crippen molar-refractivity contribution >= 4 is 0 Å². The van der Waals surface area contributed by atoms with E-state index in [0.717, 1.165) is 54.9 Å².